The number of hydrogen-bond acceptors (Lipinski definition) is 5. The van der Waals surface area contributed by atoms with Crippen molar-refractivity contribution in [3.63, 3.8) is 0 Å². The highest BCUT2D eigenvalue weighted by atomic mass is 32.2. The fourth-order valence-electron chi connectivity index (χ4n) is 1.30. The van der Waals surface area contributed by atoms with Crippen LogP contribution >= 0.6 is 11.8 Å². The topological polar surface area (TPSA) is 101 Å². The third-order valence-corrected chi connectivity index (χ3v) is 4.32. The van der Waals surface area contributed by atoms with Crippen LogP contribution in [0, 0.1) is 6.92 Å². The zero-order valence-corrected chi connectivity index (χ0v) is 11.5. The Labute approximate surface area is 112 Å². The minimum Gasteiger partial charge on any atom is -0.326 e. The standard InChI is InChI=1S/C8H13F3N4O2S2/c1-5-6(4-12)7(15-14-5)19(16,17)13-2-3-18-8(9,10)11/h13H,2-4,12H2,1H3,(H,14,15). The average Bonchev–Trinajstić information content (AvgIpc) is 2.65. The number of aromatic amines is 1. The van der Waals surface area contributed by atoms with Gasteiger partial charge in [0.2, 0.25) is 0 Å². The molecule has 4 N–H and O–H groups in total. The van der Waals surface area contributed by atoms with Crippen molar-refractivity contribution in [1.82, 2.24) is 14.9 Å². The van der Waals surface area contributed by atoms with Crippen LogP contribution in [0.2, 0.25) is 0 Å². The molecule has 0 saturated carbocycles. The molecule has 110 valence electrons. The molecule has 1 aromatic heterocycles. The van der Waals surface area contributed by atoms with Crippen molar-refractivity contribution in [3.05, 3.63) is 11.3 Å². The number of aromatic nitrogens is 2. The first kappa shape index (κ1) is 16.3. The Bertz CT molecular complexity index is 527. The molecule has 19 heavy (non-hydrogen) atoms. The van der Waals surface area contributed by atoms with Crippen LogP contribution in [0.15, 0.2) is 5.03 Å². The van der Waals surface area contributed by atoms with Gasteiger partial charge in [-0.05, 0) is 18.7 Å². The Morgan fingerprint density at radius 1 is 1.47 bits per heavy atom. The molecule has 0 saturated heterocycles. The second-order valence-electron chi connectivity index (χ2n) is 3.53. The fourth-order valence-corrected chi connectivity index (χ4v) is 3.10. The third kappa shape index (κ3) is 4.67. The number of aryl methyl sites for hydroxylation is 1. The van der Waals surface area contributed by atoms with E-state index in [1.165, 1.54) is 0 Å². The molecule has 1 aromatic rings. The first-order valence-corrected chi connectivity index (χ1v) is 7.58. The van der Waals surface area contributed by atoms with Crippen LogP contribution in [0.1, 0.15) is 11.3 Å². The van der Waals surface area contributed by atoms with Gasteiger partial charge >= 0.3 is 5.51 Å². The van der Waals surface area contributed by atoms with Crippen molar-refractivity contribution in [3.8, 4) is 0 Å². The van der Waals surface area contributed by atoms with Gasteiger partial charge in [-0.15, -0.1) is 0 Å². The van der Waals surface area contributed by atoms with E-state index in [9.17, 15) is 21.6 Å². The maximum atomic E-state index is 11.9. The summed E-state index contributed by atoms with van der Waals surface area (Å²) < 4.78 is 61.3. The van der Waals surface area contributed by atoms with E-state index in [-0.39, 0.29) is 29.9 Å². The number of H-pyrrole nitrogens is 1. The summed E-state index contributed by atoms with van der Waals surface area (Å²) >= 11 is -0.295. The van der Waals surface area contributed by atoms with Crippen LogP contribution in [0.5, 0.6) is 0 Å². The summed E-state index contributed by atoms with van der Waals surface area (Å²) in [7, 11) is -3.95. The molecule has 0 amide bonds. The minimum absolute atomic E-state index is 0.0319. The van der Waals surface area contributed by atoms with Crippen molar-refractivity contribution >= 4 is 21.8 Å². The van der Waals surface area contributed by atoms with Gasteiger partial charge in [0.15, 0.2) is 5.03 Å². The van der Waals surface area contributed by atoms with Gasteiger partial charge in [-0.2, -0.15) is 18.3 Å². The van der Waals surface area contributed by atoms with Crippen molar-refractivity contribution in [2.75, 3.05) is 12.3 Å². The van der Waals surface area contributed by atoms with Crippen molar-refractivity contribution in [2.45, 2.75) is 24.0 Å². The largest absolute Gasteiger partial charge is 0.441 e. The van der Waals surface area contributed by atoms with E-state index in [0.717, 1.165) is 0 Å². The number of halogens is 3. The predicted octanol–water partition coefficient (Wildman–Crippen LogP) is 0.708. The van der Waals surface area contributed by atoms with Crippen LogP contribution < -0.4 is 10.5 Å². The molecule has 0 radical (unpaired) electrons. The molecule has 0 atom stereocenters. The van der Waals surface area contributed by atoms with Gasteiger partial charge in [0.25, 0.3) is 10.0 Å². The van der Waals surface area contributed by atoms with E-state index in [1.807, 2.05) is 4.72 Å². The van der Waals surface area contributed by atoms with E-state index in [4.69, 9.17) is 5.73 Å². The number of nitrogens with one attached hydrogen (secondary N) is 2. The first-order valence-electron chi connectivity index (χ1n) is 5.11. The highest BCUT2D eigenvalue weighted by Gasteiger charge is 2.28. The molecule has 6 nitrogen and oxygen atoms in total. The van der Waals surface area contributed by atoms with Crippen molar-refractivity contribution < 1.29 is 21.6 Å². The van der Waals surface area contributed by atoms with Gasteiger partial charge in [0.05, 0.1) is 0 Å². The number of nitrogens with zero attached hydrogens (tertiary/aromatic N) is 1. The summed E-state index contributed by atoms with van der Waals surface area (Å²) in [5, 5.41) is 5.80. The van der Waals surface area contributed by atoms with E-state index in [2.05, 4.69) is 10.2 Å². The quantitative estimate of drug-likeness (QED) is 0.671. The zero-order valence-electron chi connectivity index (χ0n) is 9.91. The van der Waals surface area contributed by atoms with Crippen molar-refractivity contribution in [2.24, 2.45) is 5.73 Å². The van der Waals surface area contributed by atoms with Gasteiger partial charge in [-0.3, -0.25) is 5.10 Å². The molecular formula is C8H13F3N4O2S2. The van der Waals surface area contributed by atoms with Gasteiger partial charge in [0, 0.05) is 30.1 Å². The number of thioether (sulfide) groups is 1. The summed E-state index contributed by atoms with van der Waals surface area (Å²) in [6.07, 6.45) is 0. The van der Waals surface area contributed by atoms with Crippen LogP contribution in [0.4, 0.5) is 13.2 Å². The van der Waals surface area contributed by atoms with Crippen molar-refractivity contribution in [1.29, 1.82) is 0 Å². The Hall–Kier alpha value is -0.780. The van der Waals surface area contributed by atoms with Crippen LogP contribution in [0.25, 0.3) is 0 Å². The van der Waals surface area contributed by atoms with E-state index < -0.39 is 21.3 Å². The van der Waals surface area contributed by atoms with E-state index in [0.29, 0.717) is 11.3 Å². The predicted molar refractivity (Wildman–Crippen MR) is 64.9 cm³/mol. The lowest BCUT2D eigenvalue weighted by Gasteiger charge is -2.07. The van der Waals surface area contributed by atoms with Gasteiger partial charge in [-0.1, -0.05) is 0 Å². The molecule has 1 rings (SSSR count). The Morgan fingerprint density at radius 2 is 2.11 bits per heavy atom. The average molecular weight is 318 g/mol. The summed E-state index contributed by atoms with van der Waals surface area (Å²) in [4.78, 5) is 0. The number of nitrogens with two attached hydrogens (primary N) is 1. The van der Waals surface area contributed by atoms with Crippen LogP contribution in [-0.2, 0) is 16.6 Å². The second kappa shape index (κ2) is 6.11. The molecule has 0 spiro atoms. The van der Waals surface area contributed by atoms with Gasteiger partial charge in [-0.25, -0.2) is 13.1 Å². The third-order valence-electron chi connectivity index (χ3n) is 2.15. The molecule has 0 fully saturated rings. The maximum absolute atomic E-state index is 11.9. The number of alkyl halides is 3. The Balaban J connectivity index is 2.66. The number of rotatable bonds is 6. The number of sulfonamides is 1. The van der Waals surface area contributed by atoms with Gasteiger partial charge in [0.1, 0.15) is 0 Å². The maximum Gasteiger partial charge on any atom is 0.441 e. The SMILES string of the molecule is Cc1[nH]nc(S(=O)(=O)NCCSC(F)(F)F)c1CN. The minimum atomic E-state index is -4.38. The molecule has 0 bridgehead atoms. The Kier molecular flexibility index (Phi) is 5.24. The first-order chi connectivity index (χ1) is 8.67. The van der Waals surface area contributed by atoms with E-state index >= 15 is 0 Å². The summed E-state index contributed by atoms with van der Waals surface area (Å²) in [5.74, 6) is -0.413. The normalized spacial score (nSPS) is 12.9. The smallest absolute Gasteiger partial charge is 0.326 e. The molecule has 11 heteroatoms. The highest BCUT2D eigenvalue weighted by Crippen LogP contribution is 2.29. The molecule has 0 aliphatic rings. The highest BCUT2D eigenvalue weighted by molar-refractivity contribution is 8.00. The number of hydrogen-bond donors (Lipinski definition) is 3. The molecule has 0 aliphatic carbocycles. The lowest BCUT2D eigenvalue weighted by Crippen LogP contribution is -2.28. The van der Waals surface area contributed by atoms with Crippen LogP contribution in [0.3, 0.4) is 0 Å². The molecule has 0 aromatic carbocycles. The summed E-state index contributed by atoms with van der Waals surface area (Å²) in [6.45, 7) is 1.23. The fraction of sp³-hybridized carbons (Fsp3) is 0.625. The monoisotopic (exact) mass is 318 g/mol. The Morgan fingerprint density at radius 3 is 2.63 bits per heavy atom. The molecule has 0 unspecified atom stereocenters. The summed E-state index contributed by atoms with van der Waals surface area (Å²) in [6, 6.07) is 0. The lowest BCUT2D eigenvalue weighted by molar-refractivity contribution is -0.0327. The zero-order chi connectivity index (χ0) is 14.7. The molecular weight excluding hydrogens is 305 g/mol. The van der Waals surface area contributed by atoms with Gasteiger partial charge < -0.3 is 5.73 Å². The van der Waals surface area contributed by atoms with E-state index in [1.54, 1.807) is 6.92 Å². The lowest BCUT2D eigenvalue weighted by atomic mass is 10.3. The second-order valence-corrected chi connectivity index (χ2v) is 6.37. The molecule has 0 aliphatic heterocycles. The summed E-state index contributed by atoms with van der Waals surface area (Å²) in [5.41, 5.74) is 1.84. The molecule has 1 heterocycles. The van der Waals surface area contributed by atoms with Crippen LogP contribution in [-0.4, -0.2) is 36.4 Å².